The zero-order chi connectivity index (χ0) is 21.8. The average Bonchev–Trinajstić information content (AvgIpc) is 2.67. The Hall–Kier alpha value is -2.39. The first-order valence-electron chi connectivity index (χ1n) is 8.70. The van der Waals surface area contributed by atoms with Crippen molar-refractivity contribution in [2.75, 3.05) is 26.0 Å². The number of hydrogen-bond acceptors (Lipinski definition) is 5. The highest BCUT2D eigenvalue weighted by molar-refractivity contribution is 9.10. The quantitative estimate of drug-likeness (QED) is 0.654. The van der Waals surface area contributed by atoms with Crippen LogP contribution >= 0.6 is 15.9 Å². The van der Waals surface area contributed by atoms with Crippen LogP contribution in [0.2, 0.25) is 0 Å². The predicted molar refractivity (Wildman–Crippen MR) is 115 cm³/mol. The van der Waals surface area contributed by atoms with Gasteiger partial charge in [0.15, 0.2) is 16.4 Å². The number of sulfone groups is 1. The molecule has 0 aliphatic rings. The van der Waals surface area contributed by atoms with E-state index in [1.807, 2.05) is 0 Å². The maximum Gasteiger partial charge on any atom is 0.259 e. The Bertz CT molecular complexity index is 985. The molecular weight excluding hydrogens is 460 g/mol. The number of rotatable bonds is 7. The van der Waals surface area contributed by atoms with Crippen molar-refractivity contribution < 1.29 is 22.7 Å². The number of benzene rings is 2. The Balaban J connectivity index is 2.10. The van der Waals surface area contributed by atoms with Gasteiger partial charge in [-0.05, 0) is 62.4 Å². The second-order valence-corrected chi connectivity index (χ2v) is 10.4. The summed E-state index contributed by atoms with van der Waals surface area (Å²) < 4.78 is 30.3. The van der Waals surface area contributed by atoms with Crippen molar-refractivity contribution in [1.82, 2.24) is 4.90 Å². The minimum atomic E-state index is -3.91. The summed E-state index contributed by atoms with van der Waals surface area (Å²) in [4.78, 5) is 25.8. The predicted octanol–water partition coefficient (Wildman–Crippen LogP) is 3.11. The zero-order valence-electron chi connectivity index (χ0n) is 16.6. The molecule has 0 bridgehead atoms. The van der Waals surface area contributed by atoms with Crippen molar-refractivity contribution in [3.63, 3.8) is 0 Å². The van der Waals surface area contributed by atoms with Crippen molar-refractivity contribution >= 4 is 43.3 Å². The smallest absolute Gasteiger partial charge is 0.259 e. The first-order chi connectivity index (χ1) is 13.4. The molecule has 0 atom stereocenters. The molecule has 0 radical (unpaired) electrons. The van der Waals surface area contributed by atoms with Crippen molar-refractivity contribution in [3.8, 4) is 5.75 Å². The van der Waals surface area contributed by atoms with E-state index >= 15 is 0 Å². The zero-order valence-corrected chi connectivity index (χ0v) is 19.0. The van der Waals surface area contributed by atoms with Gasteiger partial charge in [0.2, 0.25) is 5.91 Å². The Morgan fingerprint density at radius 2 is 1.59 bits per heavy atom. The molecule has 29 heavy (non-hydrogen) atoms. The van der Waals surface area contributed by atoms with Crippen LogP contribution in [0.15, 0.2) is 57.9 Å². The number of carbonyl (C=O) groups excluding carboxylic acids is 2. The molecule has 0 saturated carbocycles. The lowest BCUT2D eigenvalue weighted by molar-refractivity contribution is -0.130. The maximum atomic E-state index is 12.9. The summed E-state index contributed by atoms with van der Waals surface area (Å²) in [6, 6.07) is 12.5. The molecule has 0 unspecified atom stereocenters. The van der Waals surface area contributed by atoms with Crippen LogP contribution in [0.4, 0.5) is 5.69 Å². The van der Waals surface area contributed by atoms with Crippen LogP contribution in [-0.4, -0.2) is 50.6 Å². The van der Waals surface area contributed by atoms with Gasteiger partial charge in [-0.1, -0.05) is 15.9 Å². The average molecular weight is 483 g/mol. The second-order valence-electron chi connectivity index (χ2n) is 7.02. The lowest BCUT2D eigenvalue weighted by Gasteiger charge is -2.24. The molecule has 9 heteroatoms. The van der Waals surface area contributed by atoms with Crippen LogP contribution in [0.1, 0.15) is 13.8 Å². The summed E-state index contributed by atoms with van der Waals surface area (Å²) in [5, 5.41) is 2.62. The van der Waals surface area contributed by atoms with Gasteiger partial charge < -0.3 is 15.0 Å². The summed E-state index contributed by atoms with van der Waals surface area (Å²) in [6.07, 6.45) is 0. The fourth-order valence-electron chi connectivity index (χ4n) is 2.22. The fourth-order valence-corrected chi connectivity index (χ4v) is 3.86. The highest BCUT2D eigenvalue weighted by atomic mass is 79.9. The first kappa shape index (κ1) is 22.9. The number of anilines is 1. The number of likely N-dealkylation sites (N-methyl/N-ethyl adjacent to an activating group) is 1. The monoisotopic (exact) mass is 482 g/mol. The van der Waals surface area contributed by atoms with Gasteiger partial charge in [0.25, 0.3) is 5.91 Å². The van der Waals surface area contributed by atoms with E-state index in [0.29, 0.717) is 11.4 Å². The van der Waals surface area contributed by atoms with E-state index in [4.69, 9.17) is 4.74 Å². The Kier molecular flexibility index (Phi) is 7.07. The molecule has 0 fully saturated rings. The molecule has 0 saturated heterocycles. The van der Waals surface area contributed by atoms with Crippen LogP contribution < -0.4 is 10.1 Å². The van der Waals surface area contributed by atoms with Gasteiger partial charge >= 0.3 is 0 Å². The van der Waals surface area contributed by atoms with Gasteiger partial charge in [-0.3, -0.25) is 9.59 Å². The molecule has 0 spiro atoms. The van der Waals surface area contributed by atoms with E-state index in [9.17, 15) is 18.0 Å². The van der Waals surface area contributed by atoms with Crippen molar-refractivity contribution in [3.05, 3.63) is 53.0 Å². The van der Waals surface area contributed by atoms with Crippen molar-refractivity contribution in [2.24, 2.45) is 0 Å². The number of carbonyl (C=O) groups is 2. The lowest BCUT2D eigenvalue weighted by atomic mass is 10.2. The minimum absolute atomic E-state index is 0.0650. The third-order valence-electron chi connectivity index (χ3n) is 4.32. The third kappa shape index (κ3) is 5.36. The number of ether oxygens (including phenoxy) is 1. The molecule has 2 amide bonds. The van der Waals surface area contributed by atoms with E-state index in [-0.39, 0.29) is 17.4 Å². The van der Waals surface area contributed by atoms with Crippen molar-refractivity contribution in [2.45, 2.75) is 23.5 Å². The summed E-state index contributed by atoms with van der Waals surface area (Å²) >= 11 is 3.26. The van der Waals surface area contributed by atoms with Crippen LogP contribution in [-0.2, 0) is 19.4 Å². The van der Waals surface area contributed by atoms with E-state index in [0.717, 1.165) is 4.47 Å². The summed E-state index contributed by atoms with van der Waals surface area (Å²) in [5.74, 6) is -0.376. The standard InChI is InChI=1S/C20H23BrN2O5S/c1-20(2,29(26,27)17-11-5-14(21)6-12-17)19(25)22-15-7-9-16(10-8-15)28-13-18(24)23(3)4/h5-12H,13H2,1-4H3,(H,22,25). The molecule has 7 nitrogen and oxygen atoms in total. The topological polar surface area (TPSA) is 92.8 Å². The van der Waals surface area contributed by atoms with Crippen LogP contribution in [0.3, 0.4) is 0 Å². The molecule has 0 aliphatic heterocycles. The number of nitrogens with one attached hydrogen (secondary N) is 1. The molecular formula is C20H23BrN2O5S. The van der Waals surface area contributed by atoms with Crippen LogP contribution in [0.5, 0.6) is 5.75 Å². The fraction of sp³-hybridized carbons (Fsp3) is 0.300. The van der Waals surface area contributed by atoms with Crippen LogP contribution in [0, 0.1) is 0 Å². The van der Waals surface area contributed by atoms with E-state index < -0.39 is 20.5 Å². The van der Waals surface area contributed by atoms with Gasteiger partial charge in [-0.25, -0.2) is 8.42 Å². The molecule has 2 rings (SSSR count). The Morgan fingerprint density at radius 1 is 1.03 bits per heavy atom. The number of halogens is 1. The van der Waals surface area contributed by atoms with Crippen LogP contribution in [0.25, 0.3) is 0 Å². The lowest BCUT2D eigenvalue weighted by Crippen LogP contribution is -2.44. The van der Waals surface area contributed by atoms with Gasteiger partial charge in [-0.15, -0.1) is 0 Å². The minimum Gasteiger partial charge on any atom is -0.484 e. The van der Waals surface area contributed by atoms with Crippen molar-refractivity contribution in [1.29, 1.82) is 0 Å². The molecule has 0 aromatic heterocycles. The SMILES string of the molecule is CN(C)C(=O)COc1ccc(NC(=O)C(C)(C)S(=O)(=O)c2ccc(Br)cc2)cc1. The highest BCUT2D eigenvalue weighted by Crippen LogP contribution is 2.28. The Morgan fingerprint density at radius 3 is 2.10 bits per heavy atom. The van der Waals surface area contributed by atoms with E-state index in [1.165, 1.54) is 30.9 Å². The van der Waals surface area contributed by atoms with Gasteiger partial charge in [-0.2, -0.15) is 0 Å². The first-order valence-corrected chi connectivity index (χ1v) is 11.0. The van der Waals surface area contributed by atoms with Gasteiger partial charge in [0, 0.05) is 24.3 Å². The molecule has 1 N–H and O–H groups in total. The number of amides is 2. The van der Waals surface area contributed by atoms with E-state index in [2.05, 4.69) is 21.2 Å². The number of hydrogen-bond donors (Lipinski definition) is 1. The third-order valence-corrected chi connectivity index (χ3v) is 7.27. The Labute approximate surface area is 179 Å². The van der Waals surface area contributed by atoms with Gasteiger partial charge in [0.1, 0.15) is 10.5 Å². The molecule has 156 valence electrons. The number of nitrogens with zero attached hydrogens (tertiary/aromatic N) is 1. The summed E-state index contributed by atoms with van der Waals surface area (Å²) in [7, 11) is -0.642. The summed E-state index contributed by atoms with van der Waals surface area (Å²) in [6.45, 7) is 2.63. The highest BCUT2D eigenvalue weighted by Gasteiger charge is 2.42. The van der Waals surface area contributed by atoms with E-state index in [1.54, 1.807) is 50.5 Å². The second kappa shape index (κ2) is 8.96. The normalized spacial score (nSPS) is 11.6. The summed E-state index contributed by atoms with van der Waals surface area (Å²) in [5.41, 5.74) is 0.417. The molecule has 2 aromatic rings. The molecule has 2 aromatic carbocycles. The molecule has 0 aliphatic carbocycles. The van der Waals surface area contributed by atoms with Gasteiger partial charge in [0.05, 0.1) is 4.90 Å². The maximum absolute atomic E-state index is 12.9. The molecule has 0 heterocycles. The largest absolute Gasteiger partial charge is 0.484 e.